The maximum Gasteiger partial charge on any atom is 1.00 e. The first kappa shape index (κ1) is 21.1. The standard InChI is InChI=1S/C7H8INO.C6H11NO.Li/c1-6-2-7(4-10)9-5-8-3-6;1-4-7(5-2)6(3)8;/h2-3,9H,5H2,1H3;1-2,4-5H2,3H3;/q2*-2;+1. The molecule has 1 aliphatic heterocycles. The predicted octanol–water partition coefficient (Wildman–Crippen LogP) is -4.96. The maximum atomic E-state index is 10.5. The molecule has 1 aliphatic rings. The van der Waals surface area contributed by atoms with Crippen LogP contribution in [0.3, 0.4) is 0 Å². The molecule has 1 amide bonds. The Morgan fingerprint density at radius 2 is 2.11 bits per heavy atom. The molecule has 1 rings (SSSR count). The van der Waals surface area contributed by atoms with Crippen LogP contribution in [0.4, 0.5) is 0 Å². The summed E-state index contributed by atoms with van der Waals surface area (Å²) < 4.78 is 3.15. The molecule has 0 aliphatic carbocycles. The van der Waals surface area contributed by atoms with Gasteiger partial charge >= 0.3 is 89.4 Å². The number of carbonyl (C=O) groups excluding carboxylic acids is 2. The van der Waals surface area contributed by atoms with E-state index in [1.165, 1.54) is 12.5 Å². The van der Waals surface area contributed by atoms with Gasteiger partial charge in [0.05, 0.1) is 0 Å². The third-order valence-corrected chi connectivity index (χ3v) is 4.30. The number of carbonyl (C=O) groups is 1. The fourth-order valence-electron chi connectivity index (χ4n) is 1.07. The number of allylic oxidation sites excluding steroid dienone is 3. The summed E-state index contributed by atoms with van der Waals surface area (Å²) in [5, 5.41) is 3.00. The maximum absolute atomic E-state index is 10.5. The van der Waals surface area contributed by atoms with Crippen molar-refractivity contribution in [1.82, 2.24) is 10.2 Å². The second kappa shape index (κ2) is 12.8. The zero-order valence-corrected chi connectivity index (χ0v) is 14.0. The van der Waals surface area contributed by atoms with Crippen LogP contribution in [0, 0.1) is 13.8 Å². The topological polar surface area (TPSA) is 49.4 Å². The number of rotatable bonds is 3. The Morgan fingerprint density at radius 3 is 2.47 bits per heavy atom. The number of halogens is 1. The van der Waals surface area contributed by atoms with Gasteiger partial charge in [-0.3, -0.25) is 4.79 Å². The second-order valence-corrected chi connectivity index (χ2v) is 5.75. The molecule has 0 unspecified atom stereocenters. The summed E-state index contributed by atoms with van der Waals surface area (Å²) in [5.41, 5.74) is 1.77. The van der Waals surface area contributed by atoms with Crippen LogP contribution in [0.1, 0.15) is 13.8 Å². The van der Waals surface area contributed by atoms with E-state index in [-0.39, 0.29) is 46.0 Å². The molecule has 104 valence electrons. The van der Waals surface area contributed by atoms with Crippen LogP contribution in [-0.4, -0.2) is 34.7 Å². The van der Waals surface area contributed by atoms with E-state index in [2.05, 4.69) is 23.2 Å². The van der Waals surface area contributed by atoms with Crippen molar-refractivity contribution in [3.8, 4) is 0 Å². The number of amides is 1. The van der Waals surface area contributed by atoms with Gasteiger partial charge in [0.25, 0.3) is 0 Å². The van der Waals surface area contributed by atoms with Crippen LogP contribution < -0.4 is 45.4 Å². The number of nitrogens with one attached hydrogen (secondary N) is 1. The molecule has 1 heterocycles. The Morgan fingerprint density at radius 1 is 1.53 bits per heavy atom. The van der Waals surface area contributed by atoms with E-state index >= 15 is 0 Å². The van der Waals surface area contributed by atoms with Gasteiger partial charge in [-0.2, -0.15) is 0 Å². The SMILES string of the molecule is CC1=C[I-]CNC([C-]=O)=C1.[CH2-]CN(C[CH2-])C(C)=O.[Li+]. The van der Waals surface area contributed by atoms with Crippen molar-refractivity contribution in [3.05, 3.63) is 35.3 Å². The smallest absolute Gasteiger partial charge is 0.403 e. The second-order valence-electron chi connectivity index (χ2n) is 3.48. The Bertz CT molecular complexity index is 340. The van der Waals surface area contributed by atoms with E-state index in [4.69, 9.17) is 0 Å². The van der Waals surface area contributed by atoms with Gasteiger partial charge in [0.1, 0.15) is 0 Å². The van der Waals surface area contributed by atoms with Gasteiger partial charge in [-0.25, -0.2) is 0 Å². The van der Waals surface area contributed by atoms with Gasteiger partial charge in [0.2, 0.25) is 5.91 Å². The fraction of sp³-hybridized carbons (Fsp3) is 0.385. The van der Waals surface area contributed by atoms with Crippen LogP contribution >= 0.6 is 0 Å². The third kappa shape index (κ3) is 10.2. The molecular formula is C13H19ILiN2O2-3. The minimum Gasteiger partial charge on any atom is -0.403 e. The average Bonchev–Trinajstić information content (AvgIpc) is 2.55. The fourth-order valence-corrected chi connectivity index (χ4v) is 2.80. The molecule has 0 radical (unpaired) electrons. The van der Waals surface area contributed by atoms with Crippen LogP contribution in [0.5, 0.6) is 0 Å². The molecule has 0 fully saturated rings. The summed E-state index contributed by atoms with van der Waals surface area (Å²) in [6, 6.07) is 0. The predicted molar refractivity (Wildman–Crippen MR) is 68.5 cm³/mol. The number of hydrogen-bond acceptors (Lipinski definition) is 3. The summed E-state index contributed by atoms with van der Waals surface area (Å²) in [5.74, 6) is 0.0370. The summed E-state index contributed by atoms with van der Waals surface area (Å²) in [6.07, 6.45) is 3.68. The molecule has 0 aromatic heterocycles. The molecule has 0 saturated carbocycles. The minimum atomic E-state index is 0. The van der Waals surface area contributed by atoms with E-state index in [1.54, 1.807) is 4.90 Å². The third-order valence-electron chi connectivity index (χ3n) is 2.05. The van der Waals surface area contributed by atoms with Crippen LogP contribution in [0.15, 0.2) is 21.4 Å². The van der Waals surface area contributed by atoms with Crippen molar-refractivity contribution >= 4 is 12.2 Å². The van der Waals surface area contributed by atoms with E-state index < -0.39 is 0 Å². The van der Waals surface area contributed by atoms with E-state index in [0.29, 0.717) is 18.8 Å². The first-order chi connectivity index (χ1) is 8.54. The Kier molecular flexibility index (Phi) is 14.1. The first-order valence-electron chi connectivity index (χ1n) is 5.47. The molecule has 0 saturated heterocycles. The molecule has 19 heavy (non-hydrogen) atoms. The number of alkyl halides is 1. The van der Waals surface area contributed by atoms with Gasteiger partial charge in [0, 0.05) is 6.92 Å². The number of nitrogens with zero attached hydrogens (tertiary/aromatic N) is 1. The molecular weight excluding hydrogens is 350 g/mol. The molecule has 4 nitrogen and oxygen atoms in total. The molecule has 0 aromatic rings. The largest absolute Gasteiger partial charge is 1.00 e. The average molecular weight is 369 g/mol. The van der Waals surface area contributed by atoms with E-state index in [0.717, 1.165) is 4.55 Å². The van der Waals surface area contributed by atoms with Crippen molar-refractivity contribution in [2.24, 2.45) is 0 Å². The summed E-state index contributed by atoms with van der Waals surface area (Å²) >= 11 is 0.110. The summed E-state index contributed by atoms with van der Waals surface area (Å²) in [7, 11) is 0. The first-order valence-corrected chi connectivity index (χ1v) is 8.24. The van der Waals surface area contributed by atoms with Crippen LogP contribution in [0.25, 0.3) is 0 Å². The van der Waals surface area contributed by atoms with Crippen LogP contribution in [-0.2, 0) is 9.59 Å². The molecule has 0 atom stereocenters. The molecule has 6 heteroatoms. The van der Waals surface area contributed by atoms with Crippen molar-refractivity contribution < 1.29 is 49.7 Å². The van der Waals surface area contributed by atoms with E-state index in [9.17, 15) is 9.59 Å². The Hall–Kier alpha value is -0.253. The van der Waals surface area contributed by atoms with Crippen LogP contribution in [0.2, 0.25) is 0 Å². The monoisotopic (exact) mass is 369 g/mol. The zero-order chi connectivity index (χ0) is 14.0. The summed E-state index contributed by atoms with van der Waals surface area (Å²) in [6.45, 7) is 11.6. The molecule has 0 bridgehead atoms. The van der Waals surface area contributed by atoms with Crippen molar-refractivity contribution in [3.63, 3.8) is 0 Å². The zero-order valence-electron chi connectivity index (χ0n) is 11.8. The van der Waals surface area contributed by atoms with E-state index in [1.807, 2.05) is 19.3 Å². The van der Waals surface area contributed by atoms with Gasteiger partial charge in [-0.15, -0.1) is 13.1 Å². The minimum absolute atomic E-state index is 0. The Labute approximate surface area is 138 Å². The molecule has 0 spiro atoms. The van der Waals surface area contributed by atoms with Crippen molar-refractivity contribution in [1.29, 1.82) is 0 Å². The van der Waals surface area contributed by atoms with Gasteiger partial charge in [-0.1, -0.05) is 0 Å². The Balaban J connectivity index is 0. The van der Waals surface area contributed by atoms with Gasteiger partial charge < -0.3 is 18.7 Å². The molecule has 1 N–H and O–H groups in total. The van der Waals surface area contributed by atoms with Gasteiger partial charge in [0.15, 0.2) is 0 Å². The normalized spacial score (nSPS) is 13.7. The summed E-state index contributed by atoms with van der Waals surface area (Å²) in [4.78, 5) is 22.2. The van der Waals surface area contributed by atoms with Gasteiger partial charge in [-0.05, 0) is 0 Å². The number of hydrogen-bond donors (Lipinski definition) is 1. The quantitative estimate of drug-likeness (QED) is 0.178. The van der Waals surface area contributed by atoms with Crippen molar-refractivity contribution in [2.75, 3.05) is 17.6 Å². The molecule has 0 aromatic carbocycles. The van der Waals surface area contributed by atoms with Crippen molar-refractivity contribution in [2.45, 2.75) is 13.8 Å².